The van der Waals surface area contributed by atoms with E-state index in [1.807, 2.05) is 0 Å². The maximum absolute atomic E-state index is 12.2. The van der Waals surface area contributed by atoms with Crippen LogP contribution in [0.3, 0.4) is 0 Å². The van der Waals surface area contributed by atoms with Crippen LogP contribution in [0.2, 0.25) is 0 Å². The van der Waals surface area contributed by atoms with Crippen LogP contribution in [0.4, 0.5) is 5.69 Å². The number of nitrogen functional groups attached to an aromatic ring is 1. The van der Waals surface area contributed by atoms with Gasteiger partial charge in [0.05, 0.1) is 11.9 Å². The van der Waals surface area contributed by atoms with E-state index in [1.165, 1.54) is 15.8 Å². The quantitative estimate of drug-likeness (QED) is 0.694. The molecule has 1 atom stereocenters. The molecule has 1 aliphatic rings. The Morgan fingerprint density at radius 1 is 1.53 bits per heavy atom. The summed E-state index contributed by atoms with van der Waals surface area (Å²) in [5.41, 5.74) is 11.6. The second-order valence-corrected chi connectivity index (χ2v) is 4.13. The number of hydrogen-bond donors (Lipinski definition) is 2. The first kappa shape index (κ1) is 11.4. The van der Waals surface area contributed by atoms with Gasteiger partial charge in [0.1, 0.15) is 11.7 Å². The van der Waals surface area contributed by atoms with E-state index in [2.05, 4.69) is 5.10 Å². The van der Waals surface area contributed by atoms with E-state index < -0.39 is 11.9 Å². The van der Waals surface area contributed by atoms with E-state index in [0.29, 0.717) is 24.3 Å². The van der Waals surface area contributed by atoms with E-state index >= 15 is 0 Å². The highest BCUT2D eigenvalue weighted by molar-refractivity contribution is 6.00. The van der Waals surface area contributed by atoms with Gasteiger partial charge in [-0.25, -0.2) is 0 Å². The van der Waals surface area contributed by atoms with Gasteiger partial charge in [0.25, 0.3) is 5.91 Å². The molecule has 0 aromatic carbocycles. The number of carbonyl (C=O) groups excluding carboxylic acids is 2. The molecule has 1 aromatic heterocycles. The summed E-state index contributed by atoms with van der Waals surface area (Å²) in [6.45, 7) is 0.525. The first-order valence-corrected chi connectivity index (χ1v) is 5.40. The highest BCUT2D eigenvalue weighted by Gasteiger charge is 2.34. The third kappa shape index (κ3) is 1.83. The predicted molar refractivity (Wildman–Crippen MR) is 60.9 cm³/mol. The Morgan fingerprint density at radius 3 is 2.76 bits per heavy atom. The molecule has 1 fully saturated rings. The molecule has 2 amide bonds. The fraction of sp³-hybridized carbons (Fsp3) is 0.500. The smallest absolute Gasteiger partial charge is 0.274 e. The van der Waals surface area contributed by atoms with Crippen LogP contribution in [0.5, 0.6) is 0 Å². The highest BCUT2D eigenvalue weighted by atomic mass is 16.2. The molecule has 92 valence electrons. The van der Waals surface area contributed by atoms with Gasteiger partial charge in [0, 0.05) is 13.6 Å². The number of hydrogen-bond acceptors (Lipinski definition) is 4. The molecule has 2 rings (SSSR count). The molecular formula is C10H15N5O2. The molecule has 1 aliphatic heterocycles. The lowest BCUT2D eigenvalue weighted by atomic mass is 10.2. The first-order chi connectivity index (χ1) is 8.02. The minimum Gasteiger partial charge on any atom is -0.396 e. The van der Waals surface area contributed by atoms with Crippen molar-refractivity contribution in [2.45, 2.75) is 18.9 Å². The summed E-state index contributed by atoms with van der Waals surface area (Å²) < 4.78 is 1.41. The van der Waals surface area contributed by atoms with Crippen LogP contribution in [0, 0.1) is 0 Å². The van der Waals surface area contributed by atoms with Crippen molar-refractivity contribution >= 4 is 17.5 Å². The summed E-state index contributed by atoms with van der Waals surface area (Å²) in [7, 11) is 1.64. The van der Waals surface area contributed by atoms with Gasteiger partial charge in [-0.1, -0.05) is 0 Å². The second-order valence-electron chi connectivity index (χ2n) is 4.13. The zero-order valence-corrected chi connectivity index (χ0v) is 9.59. The van der Waals surface area contributed by atoms with Crippen molar-refractivity contribution in [1.82, 2.24) is 14.7 Å². The molecule has 17 heavy (non-hydrogen) atoms. The standard InChI is InChI=1S/C10H15N5O2/c1-14-8(6(11)5-13-14)10(17)15-4-2-3-7(15)9(12)16/h5,7H,2-4,11H2,1H3,(H2,12,16). The largest absolute Gasteiger partial charge is 0.396 e. The summed E-state index contributed by atoms with van der Waals surface area (Å²) in [4.78, 5) is 24.9. The average molecular weight is 237 g/mol. The maximum atomic E-state index is 12.2. The van der Waals surface area contributed by atoms with E-state index in [1.54, 1.807) is 7.05 Å². The van der Waals surface area contributed by atoms with Crippen LogP contribution < -0.4 is 11.5 Å². The summed E-state index contributed by atoms with van der Waals surface area (Å²) in [5.74, 6) is -0.764. The Labute approximate surface area is 98.4 Å². The molecular weight excluding hydrogens is 222 g/mol. The number of anilines is 1. The van der Waals surface area contributed by atoms with Crippen LogP contribution in [0.15, 0.2) is 6.20 Å². The molecule has 1 unspecified atom stereocenters. The number of aromatic nitrogens is 2. The van der Waals surface area contributed by atoms with Gasteiger partial charge in [0.2, 0.25) is 5.91 Å². The minimum absolute atomic E-state index is 0.288. The van der Waals surface area contributed by atoms with Crippen molar-refractivity contribution in [3.63, 3.8) is 0 Å². The number of primary amides is 1. The molecule has 1 saturated heterocycles. The van der Waals surface area contributed by atoms with E-state index in [0.717, 1.165) is 6.42 Å². The zero-order valence-electron chi connectivity index (χ0n) is 9.59. The lowest BCUT2D eigenvalue weighted by Gasteiger charge is -2.22. The third-order valence-electron chi connectivity index (χ3n) is 3.01. The van der Waals surface area contributed by atoms with Gasteiger partial charge in [-0.2, -0.15) is 5.10 Å². The Hall–Kier alpha value is -2.05. The third-order valence-corrected chi connectivity index (χ3v) is 3.01. The van der Waals surface area contributed by atoms with Gasteiger partial charge in [0.15, 0.2) is 0 Å². The molecule has 4 N–H and O–H groups in total. The number of nitrogens with zero attached hydrogens (tertiary/aromatic N) is 3. The molecule has 0 spiro atoms. The summed E-state index contributed by atoms with van der Waals surface area (Å²) in [6.07, 6.45) is 2.80. The fourth-order valence-corrected chi connectivity index (χ4v) is 2.16. The number of aryl methyl sites for hydroxylation is 1. The van der Waals surface area contributed by atoms with Crippen molar-refractivity contribution in [2.75, 3.05) is 12.3 Å². The molecule has 7 heteroatoms. The van der Waals surface area contributed by atoms with Crippen LogP contribution in [-0.2, 0) is 11.8 Å². The second kappa shape index (κ2) is 4.08. The maximum Gasteiger partial charge on any atom is 0.274 e. The first-order valence-electron chi connectivity index (χ1n) is 5.40. The van der Waals surface area contributed by atoms with E-state index in [4.69, 9.17) is 11.5 Å². The summed E-state index contributed by atoms with van der Waals surface area (Å²) in [5, 5.41) is 3.91. The minimum atomic E-state index is -0.531. The van der Waals surface area contributed by atoms with Crippen LogP contribution in [0.1, 0.15) is 23.3 Å². The van der Waals surface area contributed by atoms with E-state index in [9.17, 15) is 9.59 Å². The van der Waals surface area contributed by atoms with Crippen molar-refractivity contribution in [2.24, 2.45) is 12.8 Å². The van der Waals surface area contributed by atoms with Crippen LogP contribution in [0.25, 0.3) is 0 Å². The topological polar surface area (TPSA) is 107 Å². The summed E-state index contributed by atoms with van der Waals surface area (Å²) in [6, 6.07) is -0.531. The van der Waals surface area contributed by atoms with Gasteiger partial charge in [-0.3, -0.25) is 14.3 Å². The fourth-order valence-electron chi connectivity index (χ4n) is 2.16. The lowest BCUT2D eigenvalue weighted by Crippen LogP contribution is -2.44. The highest BCUT2D eigenvalue weighted by Crippen LogP contribution is 2.21. The monoisotopic (exact) mass is 237 g/mol. The van der Waals surface area contributed by atoms with Gasteiger partial charge >= 0.3 is 0 Å². The number of nitrogens with two attached hydrogens (primary N) is 2. The Balaban J connectivity index is 2.29. The van der Waals surface area contributed by atoms with Crippen LogP contribution in [-0.4, -0.2) is 39.1 Å². The number of amides is 2. The van der Waals surface area contributed by atoms with Gasteiger partial charge in [-0.15, -0.1) is 0 Å². The Bertz CT molecular complexity index is 448. The van der Waals surface area contributed by atoms with Gasteiger partial charge in [-0.05, 0) is 12.8 Å². The van der Waals surface area contributed by atoms with E-state index in [-0.39, 0.29) is 5.91 Å². The van der Waals surface area contributed by atoms with Gasteiger partial charge < -0.3 is 16.4 Å². The van der Waals surface area contributed by atoms with Crippen molar-refractivity contribution < 1.29 is 9.59 Å². The number of likely N-dealkylation sites (tertiary alicyclic amines) is 1. The van der Waals surface area contributed by atoms with Crippen molar-refractivity contribution in [3.05, 3.63) is 11.9 Å². The molecule has 1 aromatic rings. The predicted octanol–water partition coefficient (Wildman–Crippen LogP) is -0.908. The SMILES string of the molecule is Cn1ncc(N)c1C(=O)N1CCCC1C(N)=O. The Kier molecular flexibility index (Phi) is 2.74. The zero-order chi connectivity index (χ0) is 12.6. The molecule has 0 saturated carbocycles. The number of carbonyl (C=O) groups is 2. The van der Waals surface area contributed by atoms with Crippen molar-refractivity contribution in [3.8, 4) is 0 Å². The molecule has 0 bridgehead atoms. The number of rotatable bonds is 2. The molecule has 0 aliphatic carbocycles. The summed E-state index contributed by atoms with van der Waals surface area (Å²) >= 11 is 0. The van der Waals surface area contributed by atoms with Crippen molar-refractivity contribution in [1.29, 1.82) is 0 Å². The average Bonchev–Trinajstić information content (AvgIpc) is 2.85. The normalized spacial score (nSPS) is 19.6. The lowest BCUT2D eigenvalue weighted by molar-refractivity contribution is -0.121. The molecule has 0 radical (unpaired) electrons. The molecule has 2 heterocycles. The van der Waals surface area contributed by atoms with Crippen LogP contribution >= 0.6 is 0 Å². The molecule has 7 nitrogen and oxygen atoms in total. The Morgan fingerprint density at radius 2 is 2.24 bits per heavy atom.